The number of phenols is 5. The first-order chi connectivity index (χ1) is 31.3. The summed E-state index contributed by atoms with van der Waals surface area (Å²) in [5, 5.41) is 146. The van der Waals surface area contributed by atoms with Crippen molar-refractivity contribution in [1.29, 1.82) is 0 Å². The van der Waals surface area contributed by atoms with Gasteiger partial charge in [-0.2, -0.15) is 0 Å². The van der Waals surface area contributed by atoms with Crippen molar-refractivity contribution in [2.45, 2.75) is 99.0 Å². The number of hydrogen-bond acceptors (Lipinski definition) is 24. The number of rotatable bonds is 12. The number of hydrogen-bond donors (Lipinski definition) is 14. The van der Waals surface area contributed by atoms with E-state index >= 15 is 0 Å². The van der Waals surface area contributed by atoms with Crippen LogP contribution in [-0.2, 0) is 28.5 Å². The highest BCUT2D eigenvalue weighted by Crippen LogP contribution is 2.41. The van der Waals surface area contributed by atoms with Gasteiger partial charge >= 0.3 is 5.97 Å². The summed E-state index contributed by atoms with van der Waals surface area (Å²) in [7, 11) is 0. The van der Waals surface area contributed by atoms with Crippen molar-refractivity contribution in [3.8, 4) is 51.6 Å². The third kappa shape index (κ3) is 9.67. The SMILES string of the molecule is C[C@H]1O[C@@H](Oc2cc(O)c3c(=O)c(O[C@H]4O[C@@H](CO)[C@H](O)[C@@H](O)[C@@H]4O[C@H]4O[C@@H](COC(=O)C=Cc5ccc(O)c(O)c5)[C@H](O)[C@@H](O)[C@@H]4O)c(-c4ccc(O)c(O)c4)oc3c2)[C@@H](O)[C@@H](O)[C@@H]1O. The van der Waals surface area contributed by atoms with Crippen LogP contribution in [-0.4, -0.2) is 183 Å². The van der Waals surface area contributed by atoms with E-state index in [4.69, 9.17) is 37.6 Å². The predicted octanol–water partition coefficient (Wildman–Crippen LogP) is -2.54. The first kappa shape index (κ1) is 48.1. The summed E-state index contributed by atoms with van der Waals surface area (Å²) in [5.74, 6) is -5.72. The Labute approximate surface area is 370 Å². The van der Waals surface area contributed by atoms with Crippen LogP contribution in [0.2, 0.25) is 0 Å². The fourth-order valence-electron chi connectivity index (χ4n) is 7.29. The van der Waals surface area contributed by atoms with Crippen LogP contribution in [0, 0.1) is 0 Å². The van der Waals surface area contributed by atoms with Crippen LogP contribution in [0.5, 0.6) is 40.2 Å². The molecule has 24 heteroatoms. The molecule has 0 aliphatic carbocycles. The molecule has 0 radical (unpaired) electrons. The molecule has 66 heavy (non-hydrogen) atoms. The molecule has 7 rings (SSSR count). The van der Waals surface area contributed by atoms with E-state index in [1.807, 2.05) is 0 Å². The summed E-state index contributed by atoms with van der Waals surface area (Å²) in [6.07, 6.45) is -25.1. The van der Waals surface area contributed by atoms with Gasteiger partial charge in [-0.15, -0.1) is 0 Å². The molecule has 0 amide bonds. The van der Waals surface area contributed by atoms with Crippen molar-refractivity contribution in [3.05, 3.63) is 70.4 Å². The number of carbonyl (C=O) groups excluding carboxylic acids is 1. The Kier molecular flexibility index (Phi) is 14.3. The Hall–Kier alpha value is -5.84. The number of aromatic hydroxyl groups is 5. The molecular weight excluding hydrogens is 888 g/mol. The minimum Gasteiger partial charge on any atom is -0.507 e. The van der Waals surface area contributed by atoms with Crippen LogP contribution >= 0.6 is 0 Å². The Morgan fingerprint density at radius 1 is 0.652 bits per heavy atom. The van der Waals surface area contributed by atoms with Crippen molar-refractivity contribution in [2.75, 3.05) is 13.2 Å². The Morgan fingerprint density at radius 3 is 1.97 bits per heavy atom. The molecule has 3 fully saturated rings. The molecule has 1 aromatic heterocycles. The zero-order chi connectivity index (χ0) is 47.9. The zero-order valence-corrected chi connectivity index (χ0v) is 34.2. The van der Waals surface area contributed by atoms with E-state index < -0.39 is 168 Å². The smallest absolute Gasteiger partial charge is 0.330 e. The lowest BCUT2D eigenvalue weighted by atomic mass is 9.97. The fourth-order valence-corrected chi connectivity index (χ4v) is 7.29. The summed E-state index contributed by atoms with van der Waals surface area (Å²) >= 11 is 0. The number of esters is 1. The summed E-state index contributed by atoms with van der Waals surface area (Å²) < 4.78 is 45.4. The molecule has 0 spiro atoms. The third-order valence-electron chi connectivity index (χ3n) is 11.0. The standard InChI is InChI=1S/C42H46O24/c1-14-28(50)32(54)35(57)40(60-14)61-17-10-22(48)27-23(11-17)62-37(16-4-6-19(45)21(47)9-16)38(31(27)53)65-42-39(34(56)29(51)24(12-43)63-42)66-41-36(58)33(55)30(52)25(64-41)13-59-26(49)7-3-15-2-5-18(44)20(46)8-15/h2-11,14,24-25,28-30,32-36,39-48,50-52,54-58H,12-13H2,1H3/t14-,24+,25+,28-,29+,30+,32+,33-,34-,35+,36+,39+,40+,41-,42-/m1/s1. The number of ether oxygens (including phenoxy) is 7. The van der Waals surface area contributed by atoms with Crippen molar-refractivity contribution < 1.29 is 114 Å². The number of benzene rings is 3. The van der Waals surface area contributed by atoms with Crippen LogP contribution in [0.3, 0.4) is 0 Å². The maximum Gasteiger partial charge on any atom is 0.330 e. The van der Waals surface area contributed by atoms with Gasteiger partial charge in [0.25, 0.3) is 0 Å². The molecule has 15 atom stereocenters. The molecule has 24 nitrogen and oxygen atoms in total. The topological polar surface area (TPSA) is 395 Å². The summed E-state index contributed by atoms with van der Waals surface area (Å²) in [6.45, 7) is -0.340. The molecule has 3 aliphatic rings. The Bertz CT molecular complexity index is 2470. The molecule has 0 saturated carbocycles. The van der Waals surface area contributed by atoms with Crippen LogP contribution in [0.1, 0.15) is 12.5 Å². The van der Waals surface area contributed by atoms with Crippen molar-refractivity contribution in [3.63, 3.8) is 0 Å². The van der Waals surface area contributed by atoms with E-state index in [-0.39, 0.29) is 16.9 Å². The van der Waals surface area contributed by atoms with Gasteiger partial charge in [-0.05, 0) is 48.9 Å². The van der Waals surface area contributed by atoms with Crippen molar-refractivity contribution in [1.82, 2.24) is 0 Å². The highest BCUT2D eigenvalue weighted by atomic mass is 16.8. The number of aliphatic hydroxyl groups is 9. The van der Waals surface area contributed by atoms with Gasteiger partial charge < -0.3 is 109 Å². The first-order valence-corrected chi connectivity index (χ1v) is 20.0. The van der Waals surface area contributed by atoms with E-state index in [0.29, 0.717) is 0 Å². The van der Waals surface area contributed by atoms with E-state index in [1.54, 1.807) is 0 Å². The molecule has 3 aromatic carbocycles. The van der Waals surface area contributed by atoms with Gasteiger partial charge in [-0.3, -0.25) is 4.79 Å². The number of fused-ring (bicyclic) bond motifs is 1. The van der Waals surface area contributed by atoms with E-state index in [1.165, 1.54) is 25.1 Å². The summed E-state index contributed by atoms with van der Waals surface area (Å²) in [6, 6.07) is 8.79. The number of carbonyl (C=O) groups is 1. The van der Waals surface area contributed by atoms with Gasteiger partial charge in [-0.25, -0.2) is 4.79 Å². The second kappa shape index (κ2) is 19.6. The lowest BCUT2D eigenvalue weighted by Crippen LogP contribution is -2.65. The lowest BCUT2D eigenvalue weighted by molar-refractivity contribution is -0.358. The van der Waals surface area contributed by atoms with Gasteiger partial charge in [-0.1, -0.05) is 6.07 Å². The maximum absolute atomic E-state index is 14.4. The predicted molar refractivity (Wildman–Crippen MR) is 216 cm³/mol. The third-order valence-corrected chi connectivity index (χ3v) is 11.0. The Balaban J connectivity index is 1.19. The quantitative estimate of drug-likeness (QED) is 0.0395. The highest BCUT2D eigenvalue weighted by molar-refractivity contribution is 5.89. The van der Waals surface area contributed by atoms with E-state index in [2.05, 4.69) is 0 Å². The van der Waals surface area contributed by atoms with E-state index in [0.717, 1.165) is 42.5 Å². The molecule has 3 aliphatic heterocycles. The summed E-state index contributed by atoms with van der Waals surface area (Å²) in [5.41, 5.74) is -1.50. The van der Waals surface area contributed by atoms with Crippen LogP contribution in [0.4, 0.5) is 0 Å². The molecule has 3 saturated heterocycles. The highest BCUT2D eigenvalue weighted by Gasteiger charge is 2.52. The van der Waals surface area contributed by atoms with Crippen LogP contribution in [0.25, 0.3) is 28.4 Å². The normalized spacial score (nSPS) is 32.6. The van der Waals surface area contributed by atoms with Crippen LogP contribution < -0.4 is 14.9 Å². The maximum atomic E-state index is 14.4. The monoisotopic (exact) mass is 934 g/mol. The van der Waals surface area contributed by atoms with Gasteiger partial charge in [0.05, 0.1) is 12.7 Å². The molecule has 14 N–H and O–H groups in total. The van der Waals surface area contributed by atoms with Crippen molar-refractivity contribution >= 4 is 23.0 Å². The van der Waals surface area contributed by atoms with Crippen molar-refractivity contribution in [2.24, 2.45) is 0 Å². The molecular formula is C42H46O24. The summed E-state index contributed by atoms with van der Waals surface area (Å²) in [4.78, 5) is 26.9. The van der Waals surface area contributed by atoms with Gasteiger partial charge in [0.2, 0.25) is 23.8 Å². The van der Waals surface area contributed by atoms with Gasteiger partial charge in [0.15, 0.2) is 41.2 Å². The molecule has 4 aromatic rings. The minimum absolute atomic E-state index is 0.175. The molecule has 4 heterocycles. The Morgan fingerprint density at radius 2 is 1.29 bits per heavy atom. The molecule has 358 valence electrons. The minimum atomic E-state index is -2.12. The average molecular weight is 935 g/mol. The molecule has 0 bridgehead atoms. The van der Waals surface area contributed by atoms with Crippen LogP contribution in [0.15, 0.2) is 63.8 Å². The van der Waals surface area contributed by atoms with E-state index in [9.17, 15) is 81.1 Å². The second-order valence-corrected chi connectivity index (χ2v) is 15.6. The zero-order valence-electron chi connectivity index (χ0n) is 34.2. The number of phenolic OH excluding ortho intramolecular Hbond substituents is 5. The molecule has 0 unspecified atom stereocenters. The van der Waals surface area contributed by atoms with Gasteiger partial charge in [0.1, 0.15) is 90.1 Å². The fraction of sp³-hybridized carbons (Fsp3) is 0.429. The average Bonchev–Trinajstić information content (AvgIpc) is 3.28. The second-order valence-electron chi connectivity index (χ2n) is 15.6. The lowest BCUT2D eigenvalue weighted by Gasteiger charge is -2.45. The largest absolute Gasteiger partial charge is 0.507 e. The number of aliphatic hydroxyl groups excluding tert-OH is 9. The first-order valence-electron chi connectivity index (χ1n) is 20.0. The van der Waals surface area contributed by atoms with Gasteiger partial charge in [0, 0.05) is 23.8 Å².